The van der Waals surface area contributed by atoms with E-state index in [2.05, 4.69) is 33.1 Å². The van der Waals surface area contributed by atoms with Gasteiger partial charge in [-0.2, -0.15) is 0 Å². The molecule has 0 saturated carbocycles. The summed E-state index contributed by atoms with van der Waals surface area (Å²) in [5.74, 6) is 6.23. The molecule has 0 aliphatic heterocycles. The van der Waals surface area contributed by atoms with Crippen molar-refractivity contribution in [3.05, 3.63) is 0 Å². The Balaban J connectivity index is 4.08. The number of hydrazine groups is 1. The first kappa shape index (κ1) is 11.9. The lowest BCUT2D eigenvalue weighted by atomic mass is 9.81. The van der Waals surface area contributed by atoms with Crippen molar-refractivity contribution in [3.63, 3.8) is 0 Å². The van der Waals surface area contributed by atoms with Crippen LogP contribution in [-0.4, -0.2) is 5.54 Å². The minimum atomic E-state index is 0.130. The quantitative estimate of drug-likeness (QED) is 0.477. The summed E-state index contributed by atoms with van der Waals surface area (Å²) in [5, 5.41) is 0. The summed E-state index contributed by atoms with van der Waals surface area (Å²) in [7, 11) is 0. The molecule has 0 aliphatic carbocycles. The first-order valence-corrected chi connectivity index (χ1v) is 5.08. The normalized spacial score (nSPS) is 18.8. The van der Waals surface area contributed by atoms with E-state index in [1.807, 2.05) is 0 Å². The van der Waals surface area contributed by atoms with Crippen LogP contribution in [0.25, 0.3) is 0 Å². The van der Waals surface area contributed by atoms with E-state index in [0.29, 0.717) is 5.92 Å². The van der Waals surface area contributed by atoms with Crippen LogP contribution < -0.4 is 11.3 Å². The van der Waals surface area contributed by atoms with Crippen molar-refractivity contribution in [2.75, 3.05) is 0 Å². The Bertz CT molecular complexity index is 114. The molecule has 0 bridgehead atoms. The standard InChI is InChI=1S/C10H24N2/c1-5-7-9(3)10(4,12-11)8-6-2/h9,12H,5-8,11H2,1-4H3. The highest BCUT2D eigenvalue weighted by atomic mass is 15.3. The molecule has 74 valence electrons. The smallest absolute Gasteiger partial charge is 0.0318 e. The van der Waals surface area contributed by atoms with Crippen LogP contribution in [0.4, 0.5) is 0 Å². The molecule has 2 nitrogen and oxygen atoms in total. The van der Waals surface area contributed by atoms with Gasteiger partial charge in [0, 0.05) is 5.54 Å². The molecule has 0 saturated heterocycles. The third kappa shape index (κ3) is 3.11. The van der Waals surface area contributed by atoms with Crippen molar-refractivity contribution in [1.29, 1.82) is 0 Å². The Morgan fingerprint density at radius 3 is 2.25 bits per heavy atom. The fraction of sp³-hybridized carbons (Fsp3) is 1.00. The van der Waals surface area contributed by atoms with Crippen LogP contribution in [-0.2, 0) is 0 Å². The molecule has 0 aromatic heterocycles. The summed E-state index contributed by atoms with van der Waals surface area (Å²) in [6.45, 7) is 8.92. The van der Waals surface area contributed by atoms with E-state index in [4.69, 9.17) is 5.84 Å². The van der Waals surface area contributed by atoms with Crippen LogP contribution in [0.5, 0.6) is 0 Å². The summed E-state index contributed by atoms with van der Waals surface area (Å²) in [5.41, 5.74) is 3.09. The minimum Gasteiger partial charge on any atom is -0.271 e. The molecule has 0 aromatic rings. The van der Waals surface area contributed by atoms with Crippen molar-refractivity contribution in [1.82, 2.24) is 5.43 Å². The summed E-state index contributed by atoms with van der Waals surface area (Å²) in [6, 6.07) is 0. The fourth-order valence-corrected chi connectivity index (χ4v) is 1.73. The maximum atomic E-state index is 5.57. The number of nitrogens with two attached hydrogens (primary N) is 1. The van der Waals surface area contributed by atoms with E-state index in [9.17, 15) is 0 Å². The highest BCUT2D eigenvalue weighted by Gasteiger charge is 2.27. The van der Waals surface area contributed by atoms with Crippen molar-refractivity contribution in [3.8, 4) is 0 Å². The van der Waals surface area contributed by atoms with Crippen molar-refractivity contribution in [2.45, 2.75) is 58.9 Å². The van der Waals surface area contributed by atoms with Crippen LogP contribution in [0.15, 0.2) is 0 Å². The van der Waals surface area contributed by atoms with Gasteiger partial charge in [0.25, 0.3) is 0 Å². The molecule has 0 heterocycles. The first-order valence-electron chi connectivity index (χ1n) is 5.08. The zero-order valence-electron chi connectivity index (χ0n) is 8.98. The second-order valence-corrected chi connectivity index (χ2v) is 4.00. The van der Waals surface area contributed by atoms with Gasteiger partial charge in [0.15, 0.2) is 0 Å². The third-order valence-electron chi connectivity index (χ3n) is 2.91. The third-order valence-corrected chi connectivity index (χ3v) is 2.91. The largest absolute Gasteiger partial charge is 0.271 e. The first-order chi connectivity index (χ1) is 5.60. The SMILES string of the molecule is CCCC(C)C(C)(CCC)NN. The van der Waals surface area contributed by atoms with E-state index in [0.717, 1.165) is 6.42 Å². The maximum Gasteiger partial charge on any atom is 0.0318 e. The van der Waals surface area contributed by atoms with Crippen LogP contribution in [0, 0.1) is 5.92 Å². The monoisotopic (exact) mass is 172 g/mol. The molecular formula is C10H24N2. The lowest BCUT2D eigenvalue weighted by Crippen LogP contribution is -2.51. The van der Waals surface area contributed by atoms with Gasteiger partial charge < -0.3 is 0 Å². The molecule has 0 aliphatic rings. The summed E-state index contributed by atoms with van der Waals surface area (Å²) in [4.78, 5) is 0. The number of hydrogen-bond acceptors (Lipinski definition) is 2. The zero-order chi connectivity index (χ0) is 9.61. The zero-order valence-corrected chi connectivity index (χ0v) is 8.98. The highest BCUT2D eigenvalue weighted by Crippen LogP contribution is 2.25. The van der Waals surface area contributed by atoms with E-state index in [-0.39, 0.29) is 5.54 Å². The fourth-order valence-electron chi connectivity index (χ4n) is 1.73. The minimum absolute atomic E-state index is 0.130. The van der Waals surface area contributed by atoms with Gasteiger partial charge in [0.2, 0.25) is 0 Å². The lowest BCUT2D eigenvalue weighted by molar-refractivity contribution is 0.216. The molecular weight excluding hydrogens is 148 g/mol. The predicted molar refractivity (Wildman–Crippen MR) is 54.7 cm³/mol. The van der Waals surface area contributed by atoms with Crippen LogP contribution in [0.3, 0.4) is 0 Å². The van der Waals surface area contributed by atoms with Gasteiger partial charge in [-0.05, 0) is 25.7 Å². The van der Waals surface area contributed by atoms with E-state index >= 15 is 0 Å². The lowest BCUT2D eigenvalue weighted by Gasteiger charge is -2.35. The Morgan fingerprint density at radius 2 is 1.92 bits per heavy atom. The molecule has 0 fully saturated rings. The predicted octanol–water partition coefficient (Wildman–Crippen LogP) is 2.44. The molecule has 2 unspecified atom stereocenters. The molecule has 0 radical (unpaired) electrons. The van der Waals surface area contributed by atoms with Crippen molar-refractivity contribution in [2.24, 2.45) is 11.8 Å². The molecule has 0 rings (SSSR count). The molecule has 3 N–H and O–H groups in total. The van der Waals surface area contributed by atoms with Crippen LogP contribution in [0.2, 0.25) is 0 Å². The van der Waals surface area contributed by atoms with Gasteiger partial charge in [0.05, 0.1) is 0 Å². The van der Waals surface area contributed by atoms with Crippen LogP contribution >= 0.6 is 0 Å². The van der Waals surface area contributed by atoms with Gasteiger partial charge in [-0.15, -0.1) is 0 Å². The highest BCUT2D eigenvalue weighted by molar-refractivity contribution is 4.85. The van der Waals surface area contributed by atoms with Gasteiger partial charge in [-0.3, -0.25) is 11.3 Å². The van der Waals surface area contributed by atoms with E-state index in [1.165, 1.54) is 19.3 Å². The Labute approximate surface area is 76.9 Å². The van der Waals surface area contributed by atoms with Crippen molar-refractivity contribution < 1.29 is 0 Å². The molecule has 2 heteroatoms. The van der Waals surface area contributed by atoms with E-state index < -0.39 is 0 Å². The second kappa shape index (κ2) is 5.55. The van der Waals surface area contributed by atoms with Gasteiger partial charge in [0.1, 0.15) is 0 Å². The molecule has 0 spiro atoms. The van der Waals surface area contributed by atoms with Gasteiger partial charge in [-0.1, -0.05) is 33.6 Å². The van der Waals surface area contributed by atoms with Gasteiger partial charge >= 0.3 is 0 Å². The average Bonchev–Trinajstić information content (AvgIpc) is 2.05. The number of nitrogens with one attached hydrogen (secondary N) is 1. The number of hydrogen-bond donors (Lipinski definition) is 2. The van der Waals surface area contributed by atoms with Crippen LogP contribution in [0.1, 0.15) is 53.4 Å². The molecule has 0 amide bonds. The summed E-state index contributed by atoms with van der Waals surface area (Å²) >= 11 is 0. The molecule has 12 heavy (non-hydrogen) atoms. The summed E-state index contributed by atoms with van der Waals surface area (Å²) in [6.07, 6.45) is 4.84. The van der Waals surface area contributed by atoms with Crippen molar-refractivity contribution >= 4 is 0 Å². The average molecular weight is 172 g/mol. The Hall–Kier alpha value is -0.0800. The number of rotatable bonds is 6. The maximum absolute atomic E-state index is 5.57. The topological polar surface area (TPSA) is 38.0 Å². The Morgan fingerprint density at radius 1 is 1.33 bits per heavy atom. The molecule has 2 atom stereocenters. The van der Waals surface area contributed by atoms with Gasteiger partial charge in [-0.25, -0.2) is 0 Å². The molecule has 0 aromatic carbocycles. The Kier molecular flexibility index (Phi) is 5.51. The summed E-state index contributed by atoms with van der Waals surface area (Å²) < 4.78 is 0. The second-order valence-electron chi connectivity index (χ2n) is 4.00. The van der Waals surface area contributed by atoms with E-state index in [1.54, 1.807) is 0 Å².